The number of rotatable bonds is 2. The molecule has 1 amide bonds. The molecule has 1 N–H and O–H groups in total. The number of hydrogen-bond acceptors (Lipinski definition) is 3. The molecule has 1 aliphatic carbocycles. The SMILES string of the molecule is CC(=O)Nc1ccc(C2=CC=CCC2)nn1. The van der Waals surface area contributed by atoms with E-state index in [0.29, 0.717) is 5.82 Å². The van der Waals surface area contributed by atoms with Crippen LogP contribution >= 0.6 is 0 Å². The van der Waals surface area contributed by atoms with Gasteiger partial charge in [0.1, 0.15) is 0 Å². The topological polar surface area (TPSA) is 54.9 Å². The first kappa shape index (κ1) is 10.5. The summed E-state index contributed by atoms with van der Waals surface area (Å²) >= 11 is 0. The Morgan fingerprint density at radius 1 is 1.38 bits per heavy atom. The molecule has 0 saturated heterocycles. The van der Waals surface area contributed by atoms with Crippen molar-refractivity contribution in [2.75, 3.05) is 5.32 Å². The van der Waals surface area contributed by atoms with E-state index in [1.165, 1.54) is 12.5 Å². The van der Waals surface area contributed by atoms with Crippen LogP contribution in [0.1, 0.15) is 25.5 Å². The third-order valence-corrected chi connectivity index (χ3v) is 2.31. The highest BCUT2D eigenvalue weighted by Crippen LogP contribution is 2.21. The number of allylic oxidation sites excluding steroid dienone is 4. The number of carbonyl (C=O) groups excluding carboxylic acids is 1. The Balaban J connectivity index is 2.15. The summed E-state index contributed by atoms with van der Waals surface area (Å²) in [7, 11) is 0. The van der Waals surface area contributed by atoms with Crippen LogP contribution in [0.4, 0.5) is 5.82 Å². The van der Waals surface area contributed by atoms with E-state index in [4.69, 9.17) is 0 Å². The quantitative estimate of drug-likeness (QED) is 0.822. The van der Waals surface area contributed by atoms with Gasteiger partial charge in [-0.2, -0.15) is 0 Å². The highest BCUT2D eigenvalue weighted by molar-refractivity contribution is 5.87. The summed E-state index contributed by atoms with van der Waals surface area (Å²) in [6.07, 6.45) is 8.24. The summed E-state index contributed by atoms with van der Waals surface area (Å²) in [5, 5.41) is 10.6. The Kier molecular flexibility index (Phi) is 3.10. The molecule has 0 unspecified atom stereocenters. The highest BCUT2D eigenvalue weighted by Gasteiger charge is 2.05. The molecule has 0 spiro atoms. The van der Waals surface area contributed by atoms with Gasteiger partial charge in [-0.3, -0.25) is 4.79 Å². The lowest BCUT2D eigenvalue weighted by atomic mass is 10.0. The van der Waals surface area contributed by atoms with Gasteiger partial charge >= 0.3 is 0 Å². The van der Waals surface area contributed by atoms with Crippen LogP contribution in [-0.2, 0) is 4.79 Å². The van der Waals surface area contributed by atoms with Gasteiger partial charge in [-0.05, 0) is 30.5 Å². The second kappa shape index (κ2) is 4.70. The average molecular weight is 215 g/mol. The molecule has 1 aliphatic rings. The van der Waals surface area contributed by atoms with Crippen LogP contribution in [0.5, 0.6) is 0 Å². The predicted molar refractivity (Wildman–Crippen MR) is 62.7 cm³/mol. The molecular formula is C12H13N3O. The van der Waals surface area contributed by atoms with Crippen molar-refractivity contribution in [3.05, 3.63) is 36.1 Å². The Labute approximate surface area is 94.1 Å². The van der Waals surface area contributed by atoms with Crippen LogP contribution in [-0.4, -0.2) is 16.1 Å². The zero-order valence-corrected chi connectivity index (χ0v) is 9.10. The first-order chi connectivity index (χ1) is 7.75. The Morgan fingerprint density at radius 2 is 2.25 bits per heavy atom. The van der Waals surface area contributed by atoms with Crippen LogP contribution in [0.15, 0.2) is 30.4 Å². The first-order valence-corrected chi connectivity index (χ1v) is 5.23. The second-order valence-corrected chi connectivity index (χ2v) is 3.64. The summed E-state index contributed by atoms with van der Waals surface area (Å²) in [4.78, 5) is 10.8. The number of aromatic nitrogens is 2. The maximum Gasteiger partial charge on any atom is 0.222 e. The van der Waals surface area contributed by atoms with E-state index in [0.717, 1.165) is 18.5 Å². The highest BCUT2D eigenvalue weighted by atomic mass is 16.1. The number of anilines is 1. The number of amides is 1. The minimum Gasteiger partial charge on any atom is -0.309 e. The van der Waals surface area contributed by atoms with Crippen LogP contribution in [0.2, 0.25) is 0 Å². The zero-order valence-electron chi connectivity index (χ0n) is 9.10. The van der Waals surface area contributed by atoms with Crippen LogP contribution in [0.25, 0.3) is 5.57 Å². The molecule has 4 nitrogen and oxygen atoms in total. The van der Waals surface area contributed by atoms with E-state index in [1.54, 1.807) is 6.07 Å². The lowest BCUT2D eigenvalue weighted by Gasteiger charge is -2.07. The summed E-state index contributed by atoms with van der Waals surface area (Å²) in [6, 6.07) is 3.64. The standard InChI is InChI=1S/C12H13N3O/c1-9(16)13-12-8-7-11(14-15-12)10-5-3-2-4-6-10/h2-3,5,7-8H,4,6H2,1H3,(H,13,15,16). The van der Waals surface area contributed by atoms with E-state index < -0.39 is 0 Å². The van der Waals surface area contributed by atoms with Gasteiger partial charge in [-0.1, -0.05) is 18.2 Å². The molecule has 0 bridgehead atoms. The van der Waals surface area contributed by atoms with Crippen LogP contribution in [0, 0.1) is 0 Å². The predicted octanol–water partition coefficient (Wildman–Crippen LogP) is 2.17. The van der Waals surface area contributed by atoms with Crippen molar-refractivity contribution in [3.8, 4) is 0 Å². The number of carbonyl (C=O) groups is 1. The van der Waals surface area contributed by atoms with Gasteiger partial charge in [-0.25, -0.2) is 0 Å². The van der Waals surface area contributed by atoms with Crippen molar-refractivity contribution in [2.45, 2.75) is 19.8 Å². The van der Waals surface area contributed by atoms with Gasteiger partial charge in [0.25, 0.3) is 0 Å². The normalized spacial score (nSPS) is 14.4. The Bertz CT molecular complexity index is 446. The maximum atomic E-state index is 10.8. The van der Waals surface area contributed by atoms with Gasteiger partial charge in [0.15, 0.2) is 5.82 Å². The molecule has 0 saturated carbocycles. The smallest absolute Gasteiger partial charge is 0.222 e. The first-order valence-electron chi connectivity index (χ1n) is 5.23. The number of nitrogens with one attached hydrogen (secondary N) is 1. The Morgan fingerprint density at radius 3 is 2.81 bits per heavy atom. The van der Waals surface area contributed by atoms with E-state index in [9.17, 15) is 4.79 Å². The van der Waals surface area contributed by atoms with E-state index in [2.05, 4.69) is 21.6 Å². The molecule has 1 aromatic rings. The molecule has 1 aromatic heterocycles. The maximum absolute atomic E-state index is 10.8. The van der Waals surface area contributed by atoms with Crippen LogP contribution in [0.3, 0.4) is 0 Å². The lowest BCUT2D eigenvalue weighted by molar-refractivity contribution is -0.114. The number of nitrogens with zero attached hydrogens (tertiary/aromatic N) is 2. The third kappa shape index (κ3) is 2.53. The van der Waals surface area contributed by atoms with E-state index in [-0.39, 0.29) is 5.91 Å². The summed E-state index contributed by atoms with van der Waals surface area (Å²) in [5.74, 6) is 0.352. The molecular weight excluding hydrogens is 202 g/mol. The summed E-state index contributed by atoms with van der Waals surface area (Å²) in [5.41, 5.74) is 2.06. The minimum atomic E-state index is -0.137. The summed E-state index contributed by atoms with van der Waals surface area (Å²) < 4.78 is 0. The lowest BCUT2D eigenvalue weighted by Crippen LogP contribution is -2.08. The van der Waals surface area contributed by atoms with Gasteiger partial charge in [-0.15, -0.1) is 10.2 Å². The monoisotopic (exact) mass is 215 g/mol. The van der Waals surface area contributed by atoms with E-state index in [1.807, 2.05) is 18.2 Å². The molecule has 0 radical (unpaired) electrons. The van der Waals surface area contributed by atoms with Gasteiger partial charge < -0.3 is 5.32 Å². The molecule has 4 heteroatoms. The van der Waals surface area contributed by atoms with Gasteiger partial charge in [0.05, 0.1) is 5.69 Å². The fraction of sp³-hybridized carbons (Fsp3) is 0.250. The molecule has 1 heterocycles. The molecule has 82 valence electrons. The number of hydrogen-bond donors (Lipinski definition) is 1. The second-order valence-electron chi connectivity index (χ2n) is 3.64. The molecule has 0 atom stereocenters. The molecule has 2 rings (SSSR count). The summed E-state index contributed by atoms with van der Waals surface area (Å²) in [6.45, 7) is 1.45. The molecule has 16 heavy (non-hydrogen) atoms. The van der Waals surface area contributed by atoms with Crippen molar-refractivity contribution in [1.82, 2.24) is 10.2 Å². The van der Waals surface area contributed by atoms with E-state index >= 15 is 0 Å². The Hall–Kier alpha value is -1.97. The zero-order chi connectivity index (χ0) is 11.4. The van der Waals surface area contributed by atoms with Gasteiger partial charge in [0.2, 0.25) is 5.91 Å². The molecule has 0 aliphatic heterocycles. The molecule has 0 aromatic carbocycles. The third-order valence-electron chi connectivity index (χ3n) is 2.31. The minimum absolute atomic E-state index is 0.137. The fourth-order valence-electron chi connectivity index (χ4n) is 1.57. The molecule has 0 fully saturated rings. The van der Waals surface area contributed by atoms with Crippen molar-refractivity contribution in [1.29, 1.82) is 0 Å². The average Bonchev–Trinajstić information content (AvgIpc) is 2.30. The largest absolute Gasteiger partial charge is 0.309 e. The van der Waals surface area contributed by atoms with Crippen LogP contribution < -0.4 is 5.32 Å². The van der Waals surface area contributed by atoms with Crippen molar-refractivity contribution in [3.63, 3.8) is 0 Å². The van der Waals surface area contributed by atoms with Crippen molar-refractivity contribution >= 4 is 17.3 Å². The van der Waals surface area contributed by atoms with Gasteiger partial charge in [0, 0.05) is 6.92 Å². The van der Waals surface area contributed by atoms with Crippen molar-refractivity contribution in [2.24, 2.45) is 0 Å². The fourth-order valence-corrected chi connectivity index (χ4v) is 1.57. The van der Waals surface area contributed by atoms with Crippen molar-refractivity contribution < 1.29 is 4.79 Å².